The summed E-state index contributed by atoms with van der Waals surface area (Å²) < 4.78 is 0. The maximum Gasteiger partial charge on any atom is 0.253 e. The van der Waals surface area contributed by atoms with Crippen LogP contribution >= 0.6 is 0 Å². The number of nitrogens with two attached hydrogens (primary N) is 1. The average molecular weight is 380 g/mol. The van der Waals surface area contributed by atoms with E-state index in [4.69, 9.17) is 5.73 Å². The lowest BCUT2D eigenvalue weighted by atomic mass is 9.94. The minimum Gasteiger partial charge on any atom is -0.339 e. The van der Waals surface area contributed by atoms with Crippen molar-refractivity contribution >= 4 is 17.5 Å². The quantitative estimate of drug-likeness (QED) is 0.823. The van der Waals surface area contributed by atoms with Crippen LogP contribution in [0.5, 0.6) is 0 Å². The van der Waals surface area contributed by atoms with Crippen LogP contribution < -0.4 is 11.1 Å². The van der Waals surface area contributed by atoms with Crippen molar-refractivity contribution in [2.45, 2.75) is 51.1 Å². The van der Waals surface area contributed by atoms with Crippen molar-refractivity contribution < 1.29 is 9.59 Å². The van der Waals surface area contributed by atoms with Crippen LogP contribution in [0.1, 0.15) is 59.6 Å². The molecular formula is C23H29N3O2. The number of carbonyl (C=O) groups is 2. The highest BCUT2D eigenvalue weighted by molar-refractivity contribution is 5.97. The van der Waals surface area contributed by atoms with Crippen LogP contribution in [-0.4, -0.2) is 29.8 Å². The molecule has 0 heterocycles. The summed E-state index contributed by atoms with van der Waals surface area (Å²) in [5, 5.41) is 2.82. The van der Waals surface area contributed by atoms with Crippen molar-refractivity contribution in [1.82, 2.24) is 4.90 Å². The van der Waals surface area contributed by atoms with E-state index in [9.17, 15) is 9.59 Å². The first kappa shape index (κ1) is 20.1. The van der Waals surface area contributed by atoms with E-state index in [1.54, 1.807) is 24.3 Å². The van der Waals surface area contributed by atoms with Crippen molar-refractivity contribution in [3.05, 3.63) is 65.2 Å². The van der Waals surface area contributed by atoms with Crippen molar-refractivity contribution in [3.63, 3.8) is 0 Å². The molecule has 0 saturated heterocycles. The lowest BCUT2D eigenvalue weighted by molar-refractivity contribution is -0.117. The lowest BCUT2D eigenvalue weighted by Gasteiger charge is -2.31. The molecule has 1 aliphatic carbocycles. The van der Waals surface area contributed by atoms with Crippen molar-refractivity contribution in [2.24, 2.45) is 5.73 Å². The second-order valence-corrected chi connectivity index (χ2v) is 7.66. The summed E-state index contributed by atoms with van der Waals surface area (Å²) in [6, 6.07) is 14.2. The second-order valence-electron chi connectivity index (χ2n) is 7.66. The van der Waals surface area contributed by atoms with Gasteiger partial charge in [-0.15, -0.1) is 0 Å². The predicted octanol–water partition coefficient (Wildman–Crippen LogP) is 4.04. The molecule has 1 atom stereocenters. The molecule has 0 aliphatic heterocycles. The highest BCUT2D eigenvalue weighted by Crippen LogP contribution is 2.23. The van der Waals surface area contributed by atoms with Crippen LogP contribution in [-0.2, 0) is 4.79 Å². The molecule has 3 N–H and O–H groups in total. The Morgan fingerprint density at radius 1 is 1.00 bits per heavy atom. The molecule has 0 spiro atoms. The first-order valence-corrected chi connectivity index (χ1v) is 9.96. The fourth-order valence-corrected chi connectivity index (χ4v) is 3.68. The Kier molecular flexibility index (Phi) is 6.47. The Labute approximate surface area is 166 Å². The van der Waals surface area contributed by atoms with Gasteiger partial charge in [0.15, 0.2) is 0 Å². The normalized spacial score (nSPS) is 15.7. The molecule has 2 aromatic rings. The van der Waals surface area contributed by atoms with E-state index < -0.39 is 6.04 Å². The Morgan fingerprint density at radius 2 is 1.61 bits per heavy atom. The fourth-order valence-electron chi connectivity index (χ4n) is 3.68. The number of hydrogen-bond donors (Lipinski definition) is 2. The predicted molar refractivity (Wildman–Crippen MR) is 112 cm³/mol. The second kappa shape index (κ2) is 9.02. The number of carbonyl (C=O) groups excluding carboxylic acids is 2. The van der Waals surface area contributed by atoms with Gasteiger partial charge in [0.2, 0.25) is 5.91 Å². The van der Waals surface area contributed by atoms with E-state index in [0.717, 1.165) is 24.0 Å². The zero-order valence-corrected chi connectivity index (χ0v) is 16.7. The molecule has 0 bridgehead atoms. The Bertz CT molecular complexity index is 809. The molecule has 1 fully saturated rings. The van der Waals surface area contributed by atoms with Gasteiger partial charge >= 0.3 is 0 Å². The smallest absolute Gasteiger partial charge is 0.253 e. The van der Waals surface area contributed by atoms with Crippen LogP contribution in [0.2, 0.25) is 0 Å². The molecule has 1 unspecified atom stereocenters. The third kappa shape index (κ3) is 4.78. The number of anilines is 1. The Balaban J connectivity index is 1.61. The van der Waals surface area contributed by atoms with Gasteiger partial charge in [-0.1, -0.05) is 49.1 Å². The number of aryl methyl sites for hydroxylation is 1. The molecule has 5 nitrogen and oxygen atoms in total. The van der Waals surface area contributed by atoms with Crippen molar-refractivity contribution in [2.75, 3.05) is 12.4 Å². The SMILES string of the molecule is Cc1ccc(C(N)C(=O)Nc2ccc(C(=O)N(C)C3CCCCC3)cc2)cc1. The van der Waals surface area contributed by atoms with Gasteiger partial charge in [-0.25, -0.2) is 0 Å². The molecule has 3 rings (SSSR count). The zero-order valence-electron chi connectivity index (χ0n) is 16.7. The molecule has 2 amide bonds. The summed E-state index contributed by atoms with van der Waals surface area (Å²) in [5.41, 5.74) is 9.21. The van der Waals surface area contributed by atoms with Gasteiger partial charge in [0.1, 0.15) is 6.04 Å². The molecule has 0 aromatic heterocycles. The third-order valence-corrected chi connectivity index (χ3v) is 5.56. The van der Waals surface area contributed by atoms with Gasteiger partial charge in [0.25, 0.3) is 5.91 Å². The van der Waals surface area contributed by atoms with E-state index >= 15 is 0 Å². The van der Waals surface area contributed by atoms with Crippen LogP contribution in [0.3, 0.4) is 0 Å². The average Bonchev–Trinajstić information content (AvgIpc) is 2.74. The maximum absolute atomic E-state index is 12.7. The number of nitrogens with one attached hydrogen (secondary N) is 1. The first-order chi connectivity index (χ1) is 13.5. The van der Waals surface area contributed by atoms with Crippen molar-refractivity contribution in [3.8, 4) is 0 Å². The van der Waals surface area contributed by atoms with Gasteiger partial charge in [-0.2, -0.15) is 0 Å². The van der Waals surface area contributed by atoms with Crippen LogP contribution in [0.25, 0.3) is 0 Å². The molecular weight excluding hydrogens is 350 g/mol. The summed E-state index contributed by atoms with van der Waals surface area (Å²) in [7, 11) is 1.88. The van der Waals surface area contributed by atoms with Gasteiger partial charge in [-0.3, -0.25) is 9.59 Å². The number of amides is 2. The first-order valence-electron chi connectivity index (χ1n) is 9.96. The molecule has 0 radical (unpaired) electrons. The lowest BCUT2D eigenvalue weighted by Crippen LogP contribution is -2.38. The molecule has 2 aromatic carbocycles. The molecule has 28 heavy (non-hydrogen) atoms. The number of nitrogens with zero attached hydrogens (tertiary/aromatic N) is 1. The van der Waals surface area contributed by atoms with E-state index in [1.807, 2.05) is 43.1 Å². The molecule has 1 aliphatic rings. The Hall–Kier alpha value is -2.66. The summed E-state index contributed by atoms with van der Waals surface area (Å²) >= 11 is 0. The highest BCUT2D eigenvalue weighted by atomic mass is 16.2. The van der Waals surface area contributed by atoms with Crippen LogP contribution in [0, 0.1) is 6.92 Å². The minimum absolute atomic E-state index is 0.0288. The monoisotopic (exact) mass is 379 g/mol. The minimum atomic E-state index is -0.737. The molecule has 5 heteroatoms. The summed E-state index contributed by atoms with van der Waals surface area (Å²) in [6.45, 7) is 1.99. The third-order valence-electron chi connectivity index (χ3n) is 5.56. The number of benzene rings is 2. The van der Waals surface area contributed by atoms with Gasteiger partial charge in [0, 0.05) is 24.3 Å². The Morgan fingerprint density at radius 3 is 2.21 bits per heavy atom. The summed E-state index contributed by atoms with van der Waals surface area (Å²) in [6.07, 6.45) is 5.79. The molecule has 148 valence electrons. The van der Waals surface area contributed by atoms with Crippen molar-refractivity contribution in [1.29, 1.82) is 0 Å². The van der Waals surface area contributed by atoms with Gasteiger partial charge in [-0.05, 0) is 49.6 Å². The van der Waals surface area contributed by atoms with Crippen LogP contribution in [0.4, 0.5) is 5.69 Å². The van der Waals surface area contributed by atoms with E-state index in [1.165, 1.54) is 19.3 Å². The summed E-state index contributed by atoms with van der Waals surface area (Å²) in [4.78, 5) is 27.0. The standard InChI is InChI=1S/C23H29N3O2/c1-16-8-10-17(11-9-16)21(24)22(27)25-19-14-12-18(13-15-19)23(28)26(2)20-6-4-3-5-7-20/h8-15,20-21H,3-7,24H2,1-2H3,(H,25,27). The number of rotatable bonds is 5. The zero-order chi connectivity index (χ0) is 20.1. The van der Waals surface area contributed by atoms with Gasteiger partial charge in [0.05, 0.1) is 0 Å². The van der Waals surface area contributed by atoms with Gasteiger partial charge < -0.3 is 16.0 Å². The van der Waals surface area contributed by atoms with Crippen LogP contribution in [0.15, 0.2) is 48.5 Å². The fraction of sp³-hybridized carbons (Fsp3) is 0.391. The summed E-state index contributed by atoms with van der Waals surface area (Å²) in [5.74, 6) is -0.247. The molecule has 1 saturated carbocycles. The highest BCUT2D eigenvalue weighted by Gasteiger charge is 2.23. The largest absolute Gasteiger partial charge is 0.339 e. The van der Waals surface area contributed by atoms with E-state index in [-0.39, 0.29) is 11.8 Å². The topological polar surface area (TPSA) is 75.4 Å². The van der Waals surface area contributed by atoms with E-state index in [0.29, 0.717) is 17.3 Å². The van der Waals surface area contributed by atoms with E-state index in [2.05, 4.69) is 5.32 Å². The number of hydrogen-bond acceptors (Lipinski definition) is 3. The maximum atomic E-state index is 12.7.